The first-order valence-electron chi connectivity index (χ1n) is 2.57. The van der Waals surface area contributed by atoms with Crippen molar-refractivity contribution in [3.8, 4) is 0 Å². The molecule has 1 nitrogen and oxygen atoms in total. The molecule has 0 saturated heterocycles. The van der Waals surface area contributed by atoms with E-state index < -0.39 is 0 Å². The van der Waals surface area contributed by atoms with Crippen LogP contribution in [0.5, 0.6) is 0 Å². The number of unbranched alkanes of at least 4 members (excludes halogenated alkanes) is 1. The number of aliphatic hydroxyl groups excluding tert-OH is 1. The SMILES string of the molecule is CCC/C=[C]\CO. The van der Waals surface area contributed by atoms with E-state index in [1.165, 1.54) is 0 Å². The summed E-state index contributed by atoms with van der Waals surface area (Å²) in [4.78, 5) is 0. The van der Waals surface area contributed by atoms with Gasteiger partial charge in [0.05, 0.1) is 6.61 Å². The number of rotatable bonds is 3. The van der Waals surface area contributed by atoms with E-state index in [1.807, 2.05) is 6.08 Å². The number of hydrogen-bond acceptors (Lipinski definition) is 1. The molecule has 1 radical (unpaired) electrons. The molecular formula is C6H11O. The largest absolute Gasteiger partial charge is 0.392 e. The summed E-state index contributed by atoms with van der Waals surface area (Å²) in [6, 6.07) is 0. The van der Waals surface area contributed by atoms with Gasteiger partial charge in [0.25, 0.3) is 0 Å². The van der Waals surface area contributed by atoms with Gasteiger partial charge in [0.2, 0.25) is 0 Å². The highest BCUT2D eigenvalue weighted by Crippen LogP contribution is 1.85. The molecule has 0 spiro atoms. The highest BCUT2D eigenvalue weighted by molar-refractivity contribution is 4.71. The first-order chi connectivity index (χ1) is 3.41. The zero-order valence-electron chi connectivity index (χ0n) is 4.65. The van der Waals surface area contributed by atoms with Gasteiger partial charge in [-0.15, -0.1) is 0 Å². The predicted octanol–water partition coefficient (Wildman–Crippen LogP) is 1.14. The van der Waals surface area contributed by atoms with Gasteiger partial charge in [0, 0.05) is 0 Å². The van der Waals surface area contributed by atoms with Gasteiger partial charge in [-0.3, -0.25) is 0 Å². The number of allylic oxidation sites excluding steroid dienone is 1. The van der Waals surface area contributed by atoms with Gasteiger partial charge in [0.1, 0.15) is 0 Å². The van der Waals surface area contributed by atoms with Gasteiger partial charge in [-0.25, -0.2) is 0 Å². The second kappa shape index (κ2) is 5.70. The predicted molar refractivity (Wildman–Crippen MR) is 29.8 cm³/mol. The standard InChI is InChI=1S/C6H11O/c1-2-3-4-5-6-7/h4,7H,2-3,6H2,1H3. The summed E-state index contributed by atoms with van der Waals surface area (Å²) in [6.45, 7) is 2.15. The van der Waals surface area contributed by atoms with E-state index in [0.717, 1.165) is 12.8 Å². The Morgan fingerprint density at radius 1 is 1.71 bits per heavy atom. The molecule has 0 aliphatic heterocycles. The lowest BCUT2D eigenvalue weighted by Crippen LogP contribution is -1.71. The summed E-state index contributed by atoms with van der Waals surface area (Å²) < 4.78 is 0. The third-order valence-electron chi connectivity index (χ3n) is 0.669. The van der Waals surface area contributed by atoms with Crippen molar-refractivity contribution in [2.45, 2.75) is 19.8 Å². The summed E-state index contributed by atoms with van der Waals surface area (Å²) in [5.74, 6) is 0. The molecule has 0 aliphatic carbocycles. The summed E-state index contributed by atoms with van der Waals surface area (Å²) in [5, 5.41) is 8.15. The maximum absolute atomic E-state index is 8.15. The third-order valence-corrected chi connectivity index (χ3v) is 0.669. The minimum Gasteiger partial charge on any atom is -0.392 e. The average molecular weight is 99.2 g/mol. The Kier molecular flexibility index (Phi) is 5.46. The molecule has 0 heterocycles. The highest BCUT2D eigenvalue weighted by Gasteiger charge is 1.69. The Hall–Kier alpha value is -0.300. The molecular weight excluding hydrogens is 88.1 g/mol. The van der Waals surface area contributed by atoms with Crippen molar-refractivity contribution in [3.05, 3.63) is 12.2 Å². The highest BCUT2D eigenvalue weighted by atomic mass is 16.2. The van der Waals surface area contributed by atoms with Gasteiger partial charge >= 0.3 is 0 Å². The second-order valence-corrected chi connectivity index (χ2v) is 1.36. The molecule has 0 bridgehead atoms. The molecule has 0 aromatic rings. The lowest BCUT2D eigenvalue weighted by Gasteiger charge is -1.78. The molecule has 1 heteroatoms. The van der Waals surface area contributed by atoms with Crippen molar-refractivity contribution in [2.24, 2.45) is 0 Å². The van der Waals surface area contributed by atoms with Crippen molar-refractivity contribution < 1.29 is 5.11 Å². The van der Waals surface area contributed by atoms with Crippen LogP contribution in [0.3, 0.4) is 0 Å². The average Bonchev–Trinajstić information content (AvgIpc) is 1.69. The quantitative estimate of drug-likeness (QED) is 0.562. The van der Waals surface area contributed by atoms with Crippen LogP contribution in [-0.4, -0.2) is 11.7 Å². The molecule has 0 aliphatic rings. The fraction of sp³-hybridized carbons (Fsp3) is 0.667. The minimum absolute atomic E-state index is 0.0556. The number of hydrogen-bond donors (Lipinski definition) is 1. The van der Waals surface area contributed by atoms with Crippen LogP contribution in [-0.2, 0) is 0 Å². The molecule has 1 N–H and O–H groups in total. The Morgan fingerprint density at radius 2 is 2.43 bits per heavy atom. The normalized spacial score (nSPS) is 10.6. The van der Waals surface area contributed by atoms with E-state index >= 15 is 0 Å². The zero-order chi connectivity index (χ0) is 5.54. The van der Waals surface area contributed by atoms with Gasteiger partial charge in [-0.1, -0.05) is 19.4 Å². The summed E-state index contributed by atoms with van der Waals surface area (Å²) in [7, 11) is 0. The Labute approximate surface area is 44.7 Å². The van der Waals surface area contributed by atoms with Crippen LogP contribution in [0.15, 0.2) is 6.08 Å². The van der Waals surface area contributed by atoms with Crippen LogP contribution >= 0.6 is 0 Å². The fourth-order valence-corrected chi connectivity index (χ4v) is 0.311. The van der Waals surface area contributed by atoms with Crippen LogP contribution in [0.2, 0.25) is 0 Å². The zero-order valence-corrected chi connectivity index (χ0v) is 4.65. The van der Waals surface area contributed by atoms with Crippen LogP contribution in [0.25, 0.3) is 0 Å². The van der Waals surface area contributed by atoms with Crippen molar-refractivity contribution in [1.82, 2.24) is 0 Å². The summed E-state index contributed by atoms with van der Waals surface area (Å²) in [5.41, 5.74) is 0. The maximum Gasteiger partial charge on any atom is 0.0682 e. The van der Waals surface area contributed by atoms with Crippen LogP contribution in [0.1, 0.15) is 19.8 Å². The summed E-state index contributed by atoms with van der Waals surface area (Å²) in [6.07, 6.45) is 6.70. The van der Waals surface area contributed by atoms with E-state index in [0.29, 0.717) is 0 Å². The first kappa shape index (κ1) is 6.70. The smallest absolute Gasteiger partial charge is 0.0682 e. The van der Waals surface area contributed by atoms with Gasteiger partial charge in [-0.2, -0.15) is 0 Å². The van der Waals surface area contributed by atoms with Gasteiger partial charge in [0.15, 0.2) is 0 Å². The van der Waals surface area contributed by atoms with Crippen molar-refractivity contribution >= 4 is 0 Å². The van der Waals surface area contributed by atoms with E-state index in [4.69, 9.17) is 5.11 Å². The van der Waals surface area contributed by atoms with Gasteiger partial charge in [-0.05, 0) is 12.5 Å². The van der Waals surface area contributed by atoms with Crippen LogP contribution < -0.4 is 0 Å². The molecule has 41 valence electrons. The lowest BCUT2D eigenvalue weighted by atomic mass is 10.3. The van der Waals surface area contributed by atoms with Gasteiger partial charge < -0.3 is 5.11 Å². The second-order valence-electron chi connectivity index (χ2n) is 1.36. The van der Waals surface area contributed by atoms with E-state index in [-0.39, 0.29) is 6.61 Å². The molecule has 0 unspecified atom stereocenters. The Bertz CT molecular complexity index is 48.1. The molecule has 0 saturated carbocycles. The van der Waals surface area contributed by atoms with Crippen molar-refractivity contribution in [1.29, 1.82) is 0 Å². The maximum atomic E-state index is 8.15. The van der Waals surface area contributed by atoms with Crippen LogP contribution in [0.4, 0.5) is 0 Å². The molecule has 7 heavy (non-hydrogen) atoms. The molecule has 0 aromatic carbocycles. The third kappa shape index (κ3) is 5.70. The molecule has 0 fully saturated rings. The van der Waals surface area contributed by atoms with Crippen molar-refractivity contribution in [2.75, 3.05) is 6.61 Å². The lowest BCUT2D eigenvalue weighted by molar-refractivity contribution is 0.336. The first-order valence-corrected chi connectivity index (χ1v) is 2.57. The monoisotopic (exact) mass is 99.1 g/mol. The summed E-state index contributed by atoms with van der Waals surface area (Å²) >= 11 is 0. The fourth-order valence-electron chi connectivity index (χ4n) is 0.311. The molecule has 0 atom stereocenters. The van der Waals surface area contributed by atoms with E-state index in [2.05, 4.69) is 13.0 Å². The Balaban J connectivity index is 2.78. The molecule has 0 rings (SSSR count). The number of aliphatic hydroxyl groups is 1. The minimum atomic E-state index is 0.0556. The van der Waals surface area contributed by atoms with E-state index in [1.54, 1.807) is 0 Å². The van der Waals surface area contributed by atoms with E-state index in [9.17, 15) is 0 Å². The van der Waals surface area contributed by atoms with Crippen LogP contribution in [0, 0.1) is 6.08 Å². The molecule has 0 aromatic heterocycles. The van der Waals surface area contributed by atoms with Crippen molar-refractivity contribution in [3.63, 3.8) is 0 Å². The Morgan fingerprint density at radius 3 is 2.86 bits per heavy atom. The topological polar surface area (TPSA) is 20.2 Å². The molecule has 0 amide bonds.